The monoisotopic (exact) mass is 534 g/mol. The van der Waals surface area contributed by atoms with Gasteiger partial charge in [0.1, 0.15) is 6.17 Å². The maximum Gasteiger partial charge on any atom is 0.416 e. The summed E-state index contributed by atoms with van der Waals surface area (Å²) in [4.78, 5) is 32.6. The van der Waals surface area contributed by atoms with Crippen LogP contribution in [0.1, 0.15) is 15.9 Å². The lowest BCUT2D eigenvalue weighted by molar-refractivity contribution is -0.394. The van der Waals surface area contributed by atoms with Crippen molar-refractivity contribution in [2.45, 2.75) is 16.1 Å². The number of halogens is 7. The normalized spacial score (nSPS) is 12.7. The first-order chi connectivity index (χ1) is 14.6. The molecule has 2 N–H and O–H groups in total. The zero-order valence-electron chi connectivity index (χ0n) is 15.1. The number of nitro benzene ring substituents is 2. The molecule has 0 aromatic heterocycles. The summed E-state index contributed by atoms with van der Waals surface area (Å²) in [5, 5.41) is 26.2. The number of carbonyl (C=O) groups is 1. The number of nitrogens with zero attached hydrogens (tertiary/aromatic N) is 2. The molecular weight excluding hydrogens is 527 g/mol. The number of benzene rings is 2. The molecule has 9 nitrogen and oxygen atoms in total. The number of hydrogen-bond donors (Lipinski definition) is 2. The molecule has 2 rings (SSSR count). The third-order valence-electron chi connectivity index (χ3n) is 3.78. The molecule has 0 saturated carbocycles. The first kappa shape index (κ1) is 25.7. The minimum atomic E-state index is -4.72. The molecule has 0 heterocycles. The summed E-state index contributed by atoms with van der Waals surface area (Å²) in [6.45, 7) is 0. The van der Waals surface area contributed by atoms with E-state index in [4.69, 9.17) is 46.4 Å². The fourth-order valence-corrected chi connectivity index (χ4v) is 2.82. The van der Waals surface area contributed by atoms with Crippen molar-refractivity contribution in [3.05, 3.63) is 72.8 Å². The number of hydrogen-bond acceptors (Lipinski definition) is 6. The third-order valence-corrected chi connectivity index (χ3v) is 4.77. The molecule has 0 saturated heterocycles. The Kier molecular flexibility index (Phi) is 7.66. The summed E-state index contributed by atoms with van der Waals surface area (Å²) < 4.78 is 36.6. The molecule has 32 heavy (non-hydrogen) atoms. The highest BCUT2D eigenvalue weighted by Gasteiger charge is 2.36. The van der Waals surface area contributed by atoms with Gasteiger partial charge in [-0.05, 0) is 18.2 Å². The zero-order valence-corrected chi connectivity index (χ0v) is 18.1. The largest absolute Gasteiger partial charge is 0.416 e. The number of amides is 1. The smallest absolute Gasteiger partial charge is 0.361 e. The molecule has 0 unspecified atom stereocenters. The van der Waals surface area contributed by atoms with Gasteiger partial charge in [-0.3, -0.25) is 25.0 Å². The second-order valence-corrected chi connectivity index (χ2v) is 8.81. The van der Waals surface area contributed by atoms with Gasteiger partial charge < -0.3 is 10.6 Å². The second kappa shape index (κ2) is 9.53. The molecule has 16 heteroatoms. The van der Waals surface area contributed by atoms with Crippen molar-refractivity contribution in [3.63, 3.8) is 0 Å². The van der Waals surface area contributed by atoms with E-state index in [1.165, 1.54) is 0 Å². The average molecular weight is 536 g/mol. The van der Waals surface area contributed by atoms with E-state index < -0.39 is 54.4 Å². The Bertz CT molecular complexity index is 1050. The van der Waals surface area contributed by atoms with Crippen LogP contribution in [0.5, 0.6) is 0 Å². The predicted molar refractivity (Wildman–Crippen MR) is 111 cm³/mol. The lowest BCUT2D eigenvalue weighted by atomic mass is 10.1. The predicted octanol–water partition coefficient (Wildman–Crippen LogP) is 5.71. The molecule has 0 aliphatic rings. The summed E-state index contributed by atoms with van der Waals surface area (Å²) in [6, 6.07) is 4.33. The van der Waals surface area contributed by atoms with Crippen LogP contribution in [0, 0.1) is 20.2 Å². The third kappa shape index (κ3) is 6.48. The topological polar surface area (TPSA) is 127 Å². The van der Waals surface area contributed by atoms with Crippen LogP contribution < -0.4 is 10.6 Å². The van der Waals surface area contributed by atoms with Crippen LogP contribution in [0.15, 0.2) is 36.4 Å². The van der Waals surface area contributed by atoms with E-state index in [1.54, 1.807) is 0 Å². The minimum absolute atomic E-state index is 0.211. The fourth-order valence-electron chi connectivity index (χ4n) is 2.32. The maximum atomic E-state index is 13.0. The molecule has 0 aliphatic carbocycles. The molecule has 172 valence electrons. The second-order valence-electron chi connectivity index (χ2n) is 6.04. The molecule has 0 aliphatic heterocycles. The van der Waals surface area contributed by atoms with Gasteiger partial charge >= 0.3 is 6.18 Å². The number of alkyl halides is 6. The van der Waals surface area contributed by atoms with Gasteiger partial charge in [0, 0.05) is 12.1 Å². The molecule has 0 fully saturated rings. The molecule has 0 spiro atoms. The Morgan fingerprint density at radius 2 is 1.50 bits per heavy atom. The van der Waals surface area contributed by atoms with Crippen molar-refractivity contribution in [3.8, 4) is 0 Å². The van der Waals surface area contributed by atoms with E-state index >= 15 is 0 Å². The molecule has 0 bridgehead atoms. The van der Waals surface area contributed by atoms with E-state index in [9.17, 15) is 38.2 Å². The van der Waals surface area contributed by atoms with Crippen molar-refractivity contribution >= 4 is 69.4 Å². The number of nitro groups is 2. The van der Waals surface area contributed by atoms with Crippen molar-refractivity contribution in [1.82, 2.24) is 5.32 Å². The van der Waals surface area contributed by atoms with Crippen LogP contribution in [0.2, 0.25) is 5.02 Å². The van der Waals surface area contributed by atoms with Gasteiger partial charge in [0.15, 0.2) is 0 Å². The highest BCUT2D eigenvalue weighted by molar-refractivity contribution is 6.68. The number of anilines is 1. The first-order valence-corrected chi connectivity index (χ1v) is 9.55. The van der Waals surface area contributed by atoms with Crippen LogP contribution >= 0.6 is 46.4 Å². The number of carbonyl (C=O) groups excluding carboxylic acids is 1. The molecule has 2 aromatic carbocycles. The first-order valence-electron chi connectivity index (χ1n) is 8.04. The van der Waals surface area contributed by atoms with E-state index in [-0.39, 0.29) is 10.7 Å². The van der Waals surface area contributed by atoms with Crippen molar-refractivity contribution in [1.29, 1.82) is 0 Å². The van der Waals surface area contributed by atoms with Crippen LogP contribution in [0.3, 0.4) is 0 Å². The van der Waals surface area contributed by atoms with Crippen molar-refractivity contribution in [2.24, 2.45) is 0 Å². The SMILES string of the molecule is O=C(N[C@@H](Nc1cc(C(F)(F)F)ccc1Cl)C(Cl)(Cl)Cl)c1cc([N+](=O)[O-])cc([N+](=O)[O-])c1. The molecular formula is C16H9Cl4F3N4O5. The Balaban J connectivity index is 2.40. The van der Waals surface area contributed by atoms with Crippen LogP contribution in [0.4, 0.5) is 30.2 Å². The highest BCUT2D eigenvalue weighted by atomic mass is 35.6. The van der Waals surface area contributed by atoms with Gasteiger partial charge in [-0.25, -0.2) is 0 Å². The van der Waals surface area contributed by atoms with Gasteiger partial charge in [-0.1, -0.05) is 46.4 Å². The van der Waals surface area contributed by atoms with E-state index in [1.807, 2.05) is 0 Å². The van der Waals surface area contributed by atoms with Crippen LogP contribution in [0.25, 0.3) is 0 Å². The lowest BCUT2D eigenvalue weighted by Gasteiger charge is -2.28. The van der Waals surface area contributed by atoms with E-state index in [2.05, 4.69) is 10.6 Å². The van der Waals surface area contributed by atoms with Crippen LogP contribution in [-0.4, -0.2) is 25.7 Å². The average Bonchev–Trinajstić information content (AvgIpc) is 2.66. The summed E-state index contributed by atoms with van der Waals surface area (Å²) in [6.07, 6.45) is -6.43. The Labute approximate surface area is 196 Å². The van der Waals surface area contributed by atoms with E-state index in [0.717, 1.165) is 18.2 Å². The summed E-state index contributed by atoms with van der Waals surface area (Å²) in [7, 11) is 0. The van der Waals surface area contributed by atoms with E-state index in [0.29, 0.717) is 18.2 Å². The standard InChI is InChI=1S/C16H9Cl4F3N4O5/c17-11-2-1-8(16(21,22)23)5-12(11)24-14(15(18,19)20)25-13(28)7-3-9(26(29)30)6-10(4-7)27(31)32/h1-6,14,24H,(H,25,28)/t14-/m1/s1. The molecule has 1 atom stereocenters. The Morgan fingerprint density at radius 3 is 1.94 bits per heavy atom. The fraction of sp³-hybridized carbons (Fsp3) is 0.188. The lowest BCUT2D eigenvalue weighted by Crippen LogP contribution is -2.49. The van der Waals surface area contributed by atoms with Gasteiger partial charge in [0.25, 0.3) is 17.3 Å². The minimum Gasteiger partial charge on any atom is -0.361 e. The molecule has 2 aromatic rings. The maximum absolute atomic E-state index is 13.0. The Morgan fingerprint density at radius 1 is 0.969 bits per heavy atom. The van der Waals surface area contributed by atoms with Gasteiger partial charge in [-0.15, -0.1) is 0 Å². The van der Waals surface area contributed by atoms with Gasteiger partial charge in [-0.2, -0.15) is 13.2 Å². The highest BCUT2D eigenvalue weighted by Crippen LogP contribution is 2.37. The van der Waals surface area contributed by atoms with Gasteiger partial charge in [0.05, 0.1) is 37.7 Å². The quantitative estimate of drug-likeness (QED) is 0.211. The molecule has 0 radical (unpaired) electrons. The summed E-state index contributed by atoms with van der Waals surface area (Å²) in [5.41, 5.74) is -3.51. The summed E-state index contributed by atoms with van der Waals surface area (Å²) in [5.74, 6) is -1.16. The van der Waals surface area contributed by atoms with Crippen molar-refractivity contribution < 1.29 is 27.8 Å². The van der Waals surface area contributed by atoms with Crippen LogP contribution in [-0.2, 0) is 6.18 Å². The van der Waals surface area contributed by atoms with Crippen molar-refractivity contribution in [2.75, 3.05) is 5.32 Å². The zero-order chi connectivity index (χ0) is 24.4. The summed E-state index contributed by atoms with van der Waals surface area (Å²) >= 11 is 23.3. The number of nitrogens with one attached hydrogen (secondary N) is 2. The van der Waals surface area contributed by atoms with Gasteiger partial charge in [0.2, 0.25) is 3.79 Å². The molecule has 1 amide bonds. The Hall–Kier alpha value is -2.54. The number of non-ortho nitro benzene ring substituents is 2. The number of rotatable bonds is 6.